The van der Waals surface area contributed by atoms with Gasteiger partial charge in [-0.05, 0) is 6.42 Å². The van der Waals surface area contributed by atoms with Gasteiger partial charge in [-0.15, -0.1) is 0 Å². The Hall–Kier alpha value is -1.10. The van der Waals surface area contributed by atoms with Crippen molar-refractivity contribution < 1.29 is 23.8 Å². The largest absolute Gasteiger partial charge is 0.464 e. The number of hydrogen-bond donors (Lipinski definition) is 0. The summed E-state index contributed by atoms with van der Waals surface area (Å²) in [6.45, 7) is 2.90. The van der Waals surface area contributed by atoms with E-state index in [-0.39, 0.29) is 19.2 Å². The number of ether oxygens (including phenoxy) is 3. The van der Waals surface area contributed by atoms with Gasteiger partial charge in [-0.1, -0.05) is 96.8 Å². The van der Waals surface area contributed by atoms with Crippen LogP contribution >= 0.6 is 0 Å². The molecule has 0 fully saturated rings. The van der Waals surface area contributed by atoms with E-state index in [2.05, 4.69) is 11.7 Å². The molecule has 166 valence electrons. The molecule has 5 heteroatoms. The SMILES string of the molecule is CCCCCCCCCCCCCCCCCC(=O)OC(COC)COC=O. The molecule has 0 heterocycles. The van der Waals surface area contributed by atoms with Crippen LogP contribution in [-0.2, 0) is 23.8 Å². The monoisotopic (exact) mass is 400 g/mol. The molecule has 0 radical (unpaired) electrons. The number of methoxy groups -OCH3 is 1. The average molecular weight is 401 g/mol. The molecule has 0 rings (SSSR count). The van der Waals surface area contributed by atoms with Crippen molar-refractivity contribution in [3.05, 3.63) is 0 Å². The highest BCUT2D eigenvalue weighted by atomic mass is 16.6. The topological polar surface area (TPSA) is 61.8 Å². The molecule has 0 aliphatic rings. The first kappa shape index (κ1) is 26.9. The lowest BCUT2D eigenvalue weighted by Crippen LogP contribution is -2.27. The zero-order chi connectivity index (χ0) is 20.7. The van der Waals surface area contributed by atoms with Crippen LogP contribution in [0.2, 0.25) is 0 Å². The number of unbranched alkanes of at least 4 members (excludes halogenated alkanes) is 14. The minimum Gasteiger partial charge on any atom is -0.464 e. The summed E-state index contributed by atoms with van der Waals surface area (Å²) in [5.41, 5.74) is 0. The lowest BCUT2D eigenvalue weighted by atomic mass is 10.0. The van der Waals surface area contributed by atoms with Crippen molar-refractivity contribution in [3.8, 4) is 0 Å². The highest BCUT2D eigenvalue weighted by Gasteiger charge is 2.14. The fourth-order valence-corrected chi connectivity index (χ4v) is 3.33. The number of hydrogen-bond acceptors (Lipinski definition) is 5. The highest BCUT2D eigenvalue weighted by molar-refractivity contribution is 5.69. The lowest BCUT2D eigenvalue weighted by Gasteiger charge is -2.15. The minimum absolute atomic E-state index is 0.0436. The van der Waals surface area contributed by atoms with Crippen LogP contribution in [0.25, 0.3) is 0 Å². The Labute approximate surface area is 172 Å². The van der Waals surface area contributed by atoms with E-state index >= 15 is 0 Å². The molecule has 1 atom stereocenters. The smallest absolute Gasteiger partial charge is 0.306 e. The van der Waals surface area contributed by atoms with Crippen molar-refractivity contribution in [3.63, 3.8) is 0 Å². The number of carbonyl (C=O) groups excluding carboxylic acids is 2. The van der Waals surface area contributed by atoms with Crippen molar-refractivity contribution in [1.29, 1.82) is 0 Å². The molecule has 0 amide bonds. The second kappa shape index (κ2) is 22.2. The van der Waals surface area contributed by atoms with Crippen LogP contribution in [0.5, 0.6) is 0 Å². The lowest BCUT2D eigenvalue weighted by molar-refractivity contribution is -0.157. The van der Waals surface area contributed by atoms with E-state index in [0.717, 1.165) is 12.8 Å². The molecule has 0 aromatic heterocycles. The molecule has 0 bridgehead atoms. The van der Waals surface area contributed by atoms with Gasteiger partial charge in [-0.25, -0.2) is 0 Å². The quantitative estimate of drug-likeness (QED) is 0.127. The van der Waals surface area contributed by atoms with Gasteiger partial charge in [0.25, 0.3) is 6.47 Å². The molecular formula is C23H44O5. The molecule has 0 saturated carbocycles. The highest BCUT2D eigenvalue weighted by Crippen LogP contribution is 2.14. The predicted octanol–water partition coefficient (Wildman–Crippen LogP) is 5.98. The summed E-state index contributed by atoms with van der Waals surface area (Å²) in [7, 11) is 1.52. The first-order chi connectivity index (χ1) is 13.7. The van der Waals surface area contributed by atoms with Gasteiger partial charge >= 0.3 is 5.97 Å². The third-order valence-corrected chi connectivity index (χ3v) is 4.99. The number of carbonyl (C=O) groups is 2. The Morgan fingerprint density at radius 2 is 1.21 bits per heavy atom. The minimum atomic E-state index is -0.515. The third kappa shape index (κ3) is 19.7. The normalized spacial score (nSPS) is 11.9. The maximum Gasteiger partial charge on any atom is 0.306 e. The summed E-state index contributed by atoms with van der Waals surface area (Å²) in [4.78, 5) is 22.0. The summed E-state index contributed by atoms with van der Waals surface area (Å²) in [5.74, 6) is -0.244. The second-order valence-corrected chi connectivity index (χ2v) is 7.70. The van der Waals surface area contributed by atoms with Gasteiger partial charge in [0.15, 0.2) is 6.10 Å². The van der Waals surface area contributed by atoms with Crippen LogP contribution in [0.15, 0.2) is 0 Å². The second-order valence-electron chi connectivity index (χ2n) is 7.70. The third-order valence-electron chi connectivity index (χ3n) is 4.99. The Balaban J connectivity index is 3.35. The van der Waals surface area contributed by atoms with E-state index in [1.165, 1.54) is 90.6 Å². The first-order valence-corrected chi connectivity index (χ1v) is 11.5. The van der Waals surface area contributed by atoms with Gasteiger partial charge < -0.3 is 14.2 Å². The molecule has 0 spiro atoms. The predicted molar refractivity (Wildman–Crippen MR) is 113 cm³/mol. The van der Waals surface area contributed by atoms with Gasteiger partial charge in [-0.2, -0.15) is 0 Å². The van der Waals surface area contributed by atoms with Gasteiger partial charge in [0.2, 0.25) is 0 Å². The van der Waals surface area contributed by atoms with E-state index in [4.69, 9.17) is 9.47 Å². The van der Waals surface area contributed by atoms with Crippen LogP contribution in [0, 0.1) is 0 Å². The maximum absolute atomic E-state index is 11.8. The van der Waals surface area contributed by atoms with E-state index in [0.29, 0.717) is 12.9 Å². The summed E-state index contributed by atoms with van der Waals surface area (Å²) < 4.78 is 14.9. The average Bonchev–Trinajstić information content (AvgIpc) is 2.69. The van der Waals surface area contributed by atoms with Crippen LogP contribution in [0.3, 0.4) is 0 Å². The zero-order valence-corrected chi connectivity index (χ0v) is 18.4. The van der Waals surface area contributed by atoms with Gasteiger partial charge in [-0.3, -0.25) is 9.59 Å². The van der Waals surface area contributed by atoms with Crippen molar-refractivity contribution in [2.45, 2.75) is 116 Å². The van der Waals surface area contributed by atoms with Crippen LogP contribution in [0.4, 0.5) is 0 Å². The standard InChI is InChI=1S/C23H44O5/c1-3-4-5-6-7-8-9-10-11-12-13-14-15-16-17-18-23(25)28-22(19-26-2)20-27-21-24/h21-22H,3-20H2,1-2H3. The Kier molecular flexibility index (Phi) is 21.3. The molecule has 5 nitrogen and oxygen atoms in total. The van der Waals surface area contributed by atoms with Crippen molar-refractivity contribution in [2.75, 3.05) is 20.3 Å². The van der Waals surface area contributed by atoms with E-state index < -0.39 is 6.10 Å². The van der Waals surface area contributed by atoms with Crippen molar-refractivity contribution in [1.82, 2.24) is 0 Å². The Morgan fingerprint density at radius 1 is 0.750 bits per heavy atom. The van der Waals surface area contributed by atoms with Crippen molar-refractivity contribution in [2.24, 2.45) is 0 Å². The van der Waals surface area contributed by atoms with E-state index in [1.807, 2.05) is 0 Å². The summed E-state index contributed by atoms with van der Waals surface area (Å²) in [6, 6.07) is 0. The Morgan fingerprint density at radius 3 is 1.64 bits per heavy atom. The molecule has 0 aromatic carbocycles. The van der Waals surface area contributed by atoms with E-state index in [9.17, 15) is 9.59 Å². The Bertz CT molecular complexity index is 346. The maximum atomic E-state index is 11.8. The molecule has 0 N–H and O–H groups in total. The molecule has 0 aromatic rings. The van der Waals surface area contributed by atoms with Crippen LogP contribution < -0.4 is 0 Å². The van der Waals surface area contributed by atoms with E-state index in [1.54, 1.807) is 0 Å². The number of rotatable bonds is 22. The van der Waals surface area contributed by atoms with Crippen molar-refractivity contribution >= 4 is 12.4 Å². The van der Waals surface area contributed by atoms with Gasteiger partial charge in [0, 0.05) is 13.5 Å². The molecule has 28 heavy (non-hydrogen) atoms. The van der Waals surface area contributed by atoms with Crippen LogP contribution in [0.1, 0.15) is 110 Å². The number of esters is 1. The molecule has 0 aliphatic carbocycles. The fourth-order valence-electron chi connectivity index (χ4n) is 3.33. The zero-order valence-electron chi connectivity index (χ0n) is 18.4. The van der Waals surface area contributed by atoms with Crippen LogP contribution in [-0.4, -0.2) is 38.9 Å². The molecule has 0 saturated heterocycles. The summed E-state index contributed by atoms with van der Waals surface area (Å²) >= 11 is 0. The summed E-state index contributed by atoms with van der Waals surface area (Å²) in [6.07, 6.45) is 19.4. The van der Waals surface area contributed by atoms with Gasteiger partial charge in [0.1, 0.15) is 6.61 Å². The fraction of sp³-hybridized carbons (Fsp3) is 0.913. The summed E-state index contributed by atoms with van der Waals surface area (Å²) in [5, 5.41) is 0. The molecule has 1 unspecified atom stereocenters. The molecular weight excluding hydrogens is 356 g/mol. The first-order valence-electron chi connectivity index (χ1n) is 11.5. The van der Waals surface area contributed by atoms with Gasteiger partial charge in [0.05, 0.1) is 6.61 Å². The molecule has 0 aliphatic heterocycles.